The third kappa shape index (κ3) is 2.50. The van der Waals surface area contributed by atoms with Crippen molar-refractivity contribution < 1.29 is 17.6 Å². The Morgan fingerprint density at radius 2 is 1.45 bits per heavy atom. The molecule has 5 atom stereocenters. The van der Waals surface area contributed by atoms with Crippen LogP contribution in [0.2, 0.25) is 0 Å². The summed E-state index contributed by atoms with van der Waals surface area (Å²) in [5.74, 6) is -5.41. The minimum absolute atomic E-state index is 0.00637. The van der Waals surface area contributed by atoms with E-state index < -0.39 is 30.1 Å². The summed E-state index contributed by atoms with van der Waals surface area (Å²) in [5, 5.41) is 0. The molecule has 5 unspecified atom stereocenters. The molecular formula is C15H21F4I. The van der Waals surface area contributed by atoms with Gasteiger partial charge >= 0.3 is 0 Å². The average Bonchev–Trinajstić information content (AvgIpc) is 2.67. The summed E-state index contributed by atoms with van der Waals surface area (Å²) in [4.78, 5) is 0. The predicted molar refractivity (Wildman–Crippen MR) is 78.8 cm³/mol. The summed E-state index contributed by atoms with van der Waals surface area (Å²) < 4.78 is 57.3. The van der Waals surface area contributed by atoms with Gasteiger partial charge in [-0.15, -0.1) is 0 Å². The fourth-order valence-corrected chi connectivity index (χ4v) is 5.43. The molecule has 0 aliphatic heterocycles. The van der Waals surface area contributed by atoms with Gasteiger partial charge in [-0.05, 0) is 56.8 Å². The van der Waals surface area contributed by atoms with Crippen LogP contribution in [0.15, 0.2) is 0 Å². The molecular weight excluding hydrogens is 383 g/mol. The van der Waals surface area contributed by atoms with Crippen molar-refractivity contribution in [3.63, 3.8) is 0 Å². The molecule has 3 aliphatic rings. The zero-order valence-corrected chi connectivity index (χ0v) is 13.5. The average molecular weight is 404 g/mol. The summed E-state index contributed by atoms with van der Waals surface area (Å²) in [5.41, 5.74) is 0. The van der Waals surface area contributed by atoms with Gasteiger partial charge in [0.1, 0.15) is 12.3 Å². The van der Waals surface area contributed by atoms with Crippen molar-refractivity contribution in [2.45, 2.75) is 67.1 Å². The summed E-state index contributed by atoms with van der Waals surface area (Å²) >= 11 is 2.38. The van der Waals surface area contributed by atoms with Crippen LogP contribution in [0.3, 0.4) is 0 Å². The van der Waals surface area contributed by atoms with E-state index in [1.165, 1.54) is 0 Å². The van der Waals surface area contributed by atoms with E-state index in [0.717, 1.165) is 25.7 Å². The van der Waals surface area contributed by atoms with Crippen LogP contribution in [0.1, 0.15) is 44.9 Å². The van der Waals surface area contributed by atoms with Gasteiger partial charge in [-0.2, -0.15) is 0 Å². The van der Waals surface area contributed by atoms with Crippen LogP contribution < -0.4 is 0 Å². The number of alkyl halides is 5. The zero-order chi connectivity index (χ0) is 14.5. The number of halogens is 5. The quantitative estimate of drug-likeness (QED) is 0.315. The van der Waals surface area contributed by atoms with Crippen molar-refractivity contribution in [3.8, 4) is 0 Å². The second kappa shape index (κ2) is 5.58. The Kier molecular flexibility index (Phi) is 4.28. The summed E-state index contributed by atoms with van der Waals surface area (Å²) in [7, 11) is 0. The van der Waals surface area contributed by atoms with Crippen LogP contribution in [0, 0.1) is 23.7 Å². The first kappa shape index (κ1) is 15.3. The second-order valence-electron chi connectivity index (χ2n) is 6.85. The van der Waals surface area contributed by atoms with Gasteiger partial charge in [0.05, 0.1) is 5.92 Å². The highest BCUT2D eigenvalue weighted by Crippen LogP contribution is 2.59. The van der Waals surface area contributed by atoms with E-state index in [-0.39, 0.29) is 18.3 Å². The summed E-state index contributed by atoms with van der Waals surface area (Å²) in [6.07, 6.45) is 0.913. The Bertz CT molecular complexity index is 354. The van der Waals surface area contributed by atoms with Gasteiger partial charge in [0.15, 0.2) is 0 Å². The SMILES string of the molecule is FC1CCC2CC(C3CCC(I)CC3)C(F)(F)C2C1F. The Morgan fingerprint density at radius 3 is 2.10 bits per heavy atom. The largest absolute Gasteiger partial charge is 0.257 e. The molecule has 0 N–H and O–H groups in total. The van der Waals surface area contributed by atoms with Gasteiger partial charge in [-0.3, -0.25) is 0 Å². The lowest BCUT2D eigenvalue weighted by Gasteiger charge is -2.37. The lowest BCUT2D eigenvalue weighted by molar-refractivity contribution is -0.138. The second-order valence-corrected chi connectivity index (χ2v) is 8.61. The molecule has 5 heteroatoms. The topological polar surface area (TPSA) is 0 Å². The number of hydrogen-bond acceptors (Lipinski definition) is 0. The molecule has 0 bridgehead atoms. The van der Waals surface area contributed by atoms with Crippen molar-refractivity contribution in [2.24, 2.45) is 23.7 Å². The third-order valence-electron chi connectivity index (χ3n) is 5.78. The molecule has 20 heavy (non-hydrogen) atoms. The fourth-order valence-electron chi connectivity index (χ4n) is 4.71. The van der Waals surface area contributed by atoms with Crippen LogP contribution in [0.25, 0.3) is 0 Å². The molecule has 0 amide bonds. The molecule has 116 valence electrons. The summed E-state index contributed by atoms with van der Waals surface area (Å²) in [6, 6.07) is 0. The van der Waals surface area contributed by atoms with E-state index in [1.807, 2.05) is 0 Å². The highest BCUT2D eigenvalue weighted by Gasteiger charge is 2.64. The predicted octanol–water partition coefficient (Wildman–Crippen LogP) is 5.34. The first-order valence-corrected chi connectivity index (χ1v) is 8.95. The van der Waals surface area contributed by atoms with Gasteiger partial charge in [0, 0.05) is 9.84 Å². The molecule has 0 aromatic rings. The molecule has 3 aliphatic carbocycles. The normalized spacial score (nSPS) is 51.8. The molecule has 0 nitrogen and oxygen atoms in total. The van der Waals surface area contributed by atoms with Crippen LogP contribution in [0.5, 0.6) is 0 Å². The van der Waals surface area contributed by atoms with Crippen molar-refractivity contribution in [2.75, 3.05) is 0 Å². The highest BCUT2D eigenvalue weighted by atomic mass is 127. The molecule has 0 spiro atoms. The first-order chi connectivity index (χ1) is 9.41. The van der Waals surface area contributed by atoms with E-state index in [2.05, 4.69) is 22.6 Å². The van der Waals surface area contributed by atoms with Crippen molar-refractivity contribution >= 4 is 22.6 Å². The minimum Gasteiger partial charge on any atom is -0.244 e. The van der Waals surface area contributed by atoms with Crippen molar-refractivity contribution in [1.29, 1.82) is 0 Å². The third-order valence-corrected chi connectivity index (χ3v) is 7.02. The lowest BCUT2D eigenvalue weighted by Crippen LogP contribution is -2.45. The Hall–Kier alpha value is 0.450. The smallest absolute Gasteiger partial charge is 0.244 e. The van der Waals surface area contributed by atoms with Gasteiger partial charge < -0.3 is 0 Å². The van der Waals surface area contributed by atoms with E-state index in [0.29, 0.717) is 16.8 Å². The van der Waals surface area contributed by atoms with Gasteiger partial charge in [0.2, 0.25) is 0 Å². The van der Waals surface area contributed by atoms with Gasteiger partial charge in [-0.25, -0.2) is 17.6 Å². The van der Waals surface area contributed by atoms with E-state index >= 15 is 0 Å². The minimum atomic E-state index is -3.02. The van der Waals surface area contributed by atoms with Gasteiger partial charge in [0.25, 0.3) is 5.92 Å². The zero-order valence-electron chi connectivity index (χ0n) is 11.4. The molecule has 3 rings (SSSR count). The highest BCUT2D eigenvalue weighted by molar-refractivity contribution is 14.1. The summed E-state index contributed by atoms with van der Waals surface area (Å²) in [6.45, 7) is 0. The Balaban J connectivity index is 1.77. The Labute approximate surface area is 131 Å². The molecule has 0 heterocycles. The van der Waals surface area contributed by atoms with E-state index in [1.54, 1.807) is 0 Å². The number of fused-ring (bicyclic) bond motifs is 1. The number of hydrogen-bond donors (Lipinski definition) is 0. The standard InChI is InChI=1S/C15H21F4I/c16-12-6-3-9-7-11(8-1-4-10(20)5-2-8)15(18,19)13(9)14(12)17/h8-14H,1-7H2. The van der Waals surface area contributed by atoms with Crippen LogP contribution in [-0.2, 0) is 0 Å². The van der Waals surface area contributed by atoms with Crippen LogP contribution >= 0.6 is 22.6 Å². The first-order valence-electron chi connectivity index (χ1n) is 7.71. The fraction of sp³-hybridized carbons (Fsp3) is 1.00. The molecule has 0 aromatic carbocycles. The maximum atomic E-state index is 14.6. The molecule has 0 saturated heterocycles. The van der Waals surface area contributed by atoms with Crippen LogP contribution in [-0.4, -0.2) is 22.2 Å². The molecule has 3 saturated carbocycles. The monoisotopic (exact) mass is 404 g/mol. The maximum absolute atomic E-state index is 14.6. The van der Waals surface area contributed by atoms with E-state index in [4.69, 9.17) is 0 Å². The molecule has 3 fully saturated rings. The van der Waals surface area contributed by atoms with Gasteiger partial charge in [-0.1, -0.05) is 22.6 Å². The Morgan fingerprint density at radius 1 is 0.850 bits per heavy atom. The lowest BCUT2D eigenvalue weighted by atomic mass is 9.76. The van der Waals surface area contributed by atoms with Crippen LogP contribution in [0.4, 0.5) is 17.6 Å². The van der Waals surface area contributed by atoms with E-state index in [9.17, 15) is 17.6 Å². The number of rotatable bonds is 1. The molecule has 0 radical (unpaired) electrons. The molecule has 0 aromatic heterocycles. The maximum Gasteiger partial charge on any atom is 0.257 e. The van der Waals surface area contributed by atoms with Crippen molar-refractivity contribution in [1.82, 2.24) is 0 Å². The van der Waals surface area contributed by atoms with Crippen molar-refractivity contribution in [3.05, 3.63) is 0 Å².